The lowest BCUT2D eigenvalue weighted by atomic mass is 10.1. The van der Waals surface area contributed by atoms with E-state index in [1.807, 2.05) is 13.0 Å². The molecule has 2 aromatic carbocycles. The van der Waals surface area contributed by atoms with Gasteiger partial charge in [-0.15, -0.1) is 0 Å². The van der Waals surface area contributed by atoms with Gasteiger partial charge in [0, 0.05) is 12.1 Å². The molecule has 1 fully saturated rings. The van der Waals surface area contributed by atoms with E-state index in [9.17, 15) is 24.0 Å². The number of rotatable bonds is 10. The van der Waals surface area contributed by atoms with Crippen molar-refractivity contribution in [1.29, 1.82) is 0 Å². The van der Waals surface area contributed by atoms with E-state index in [0.29, 0.717) is 18.5 Å². The molecule has 42 heavy (non-hydrogen) atoms. The van der Waals surface area contributed by atoms with Crippen LogP contribution in [0.4, 0.5) is 9.59 Å². The summed E-state index contributed by atoms with van der Waals surface area (Å²) in [5.41, 5.74) is 0.298. The molecule has 4 atom stereocenters. The number of Topliss-reactive ketones (excluding diaryl/α,β-unsaturated/α-hetero) is 1. The van der Waals surface area contributed by atoms with Gasteiger partial charge in [-0.1, -0.05) is 67.6 Å². The van der Waals surface area contributed by atoms with Crippen molar-refractivity contribution in [3.63, 3.8) is 0 Å². The van der Waals surface area contributed by atoms with Gasteiger partial charge in [0.25, 0.3) is 0 Å². The minimum atomic E-state index is -1.51. The third kappa shape index (κ3) is 9.60. The molecule has 0 aliphatic carbocycles. The van der Waals surface area contributed by atoms with Crippen LogP contribution in [0.25, 0.3) is 0 Å². The van der Waals surface area contributed by atoms with Gasteiger partial charge in [0.05, 0.1) is 0 Å². The molecule has 0 saturated carbocycles. The Bertz CT molecular complexity index is 1240. The fourth-order valence-corrected chi connectivity index (χ4v) is 4.32. The van der Waals surface area contributed by atoms with Crippen LogP contribution < -0.4 is 5.32 Å². The van der Waals surface area contributed by atoms with Crippen LogP contribution in [0.15, 0.2) is 60.7 Å². The second-order valence-corrected chi connectivity index (χ2v) is 11.2. The summed E-state index contributed by atoms with van der Waals surface area (Å²) in [6.07, 6.45) is -2.52. The second kappa shape index (κ2) is 14.5. The Morgan fingerprint density at radius 1 is 0.952 bits per heavy atom. The van der Waals surface area contributed by atoms with E-state index in [1.54, 1.807) is 75.4 Å². The molecule has 11 heteroatoms. The molecule has 226 valence electrons. The quantitative estimate of drug-likeness (QED) is 0.247. The highest BCUT2D eigenvalue weighted by Gasteiger charge is 2.42. The Morgan fingerprint density at radius 3 is 2.19 bits per heavy atom. The monoisotopic (exact) mass is 582 g/mol. The van der Waals surface area contributed by atoms with E-state index >= 15 is 0 Å². The molecular weight excluding hydrogens is 544 g/mol. The maximum absolute atomic E-state index is 13.2. The summed E-state index contributed by atoms with van der Waals surface area (Å²) in [5, 5.41) is 2.39. The van der Waals surface area contributed by atoms with Crippen LogP contribution in [-0.2, 0) is 35.1 Å². The molecule has 2 amide bonds. The summed E-state index contributed by atoms with van der Waals surface area (Å²) in [6, 6.07) is 14.7. The Morgan fingerprint density at radius 2 is 1.57 bits per heavy atom. The average Bonchev–Trinajstić information content (AvgIpc) is 3.35. The molecular formula is C31H38N2O9. The normalized spacial score (nSPS) is 17.9. The van der Waals surface area contributed by atoms with Gasteiger partial charge in [0.2, 0.25) is 0 Å². The molecule has 1 N–H and O–H groups in total. The molecule has 1 heterocycles. The summed E-state index contributed by atoms with van der Waals surface area (Å²) in [6.45, 7) is 8.09. The molecule has 0 aromatic heterocycles. The van der Waals surface area contributed by atoms with Gasteiger partial charge in [-0.3, -0.25) is 9.69 Å². The lowest BCUT2D eigenvalue weighted by Crippen LogP contribution is -2.52. The third-order valence-electron chi connectivity index (χ3n) is 6.36. The highest BCUT2D eigenvalue weighted by atomic mass is 16.6. The highest BCUT2D eigenvalue weighted by Crippen LogP contribution is 2.26. The standard InChI is InChI=1S/C31H38N2O9/c1-20-16-24(33(17-20)30(38)42-31(3,4)5)27(35)41-21(2)26(32-29(37)40-18-22-12-8-6-9-13-22)28(36)39-19-25(34)23-14-10-7-11-15-23/h6-15,20-21,24,26H,16-19H2,1-5H3,(H,32,37)/t20-,21-,24?,26-/m0/s1. The maximum Gasteiger partial charge on any atom is 0.411 e. The van der Waals surface area contributed by atoms with Crippen molar-refractivity contribution in [3.05, 3.63) is 71.8 Å². The van der Waals surface area contributed by atoms with Gasteiger partial charge >= 0.3 is 24.1 Å². The van der Waals surface area contributed by atoms with Crippen LogP contribution in [0.1, 0.15) is 57.0 Å². The van der Waals surface area contributed by atoms with Gasteiger partial charge in [-0.05, 0) is 45.6 Å². The Balaban J connectivity index is 1.70. The van der Waals surface area contributed by atoms with E-state index < -0.39 is 60.3 Å². The smallest absolute Gasteiger partial charge is 0.411 e. The predicted octanol–water partition coefficient (Wildman–Crippen LogP) is 4.28. The minimum absolute atomic E-state index is 0.00113. The van der Waals surface area contributed by atoms with Gasteiger partial charge < -0.3 is 24.3 Å². The lowest BCUT2D eigenvalue weighted by molar-refractivity contribution is -0.160. The number of nitrogens with zero attached hydrogens (tertiary/aromatic N) is 1. The number of alkyl carbamates (subject to hydrolysis) is 1. The molecule has 0 bridgehead atoms. The third-order valence-corrected chi connectivity index (χ3v) is 6.36. The number of hydrogen-bond donors (Lipinski definition) is 1. The van der Waals surface area contributed by atoms with E-state index in [-0.39, 0.29) is 12.5 Å². The summed E-state index contributed by atoms with van der Waals surface area (Å²) < 4.78 is 21.5. The number of ketones is 1. The van der Waals surface area contributed by atoms with E-state index in [0.717, 1.165) is 5.56 Å². The van der Waals surface area contributed by atoms with Gasteiger partial charge in [-0.2, -0.15) is 0 Å². The van der Waals surface area contributed by atoms with Crippen molar-refractivity contribution in [2.45, 2.75) is 71.4 Å². The Labute approximate surface area is 245 Å². The van der Waals surface area contributed by atoms with Crippen LogP contribution in [-0.4, -0.2) is 71.7 Å². The van der Waals surface area contributed by atoms with Crippen molar-refractivity contribution < 1.29 is 42.9 Å². The first kappa shape index (κ1) is 32.1. The molecule has 1 saturated heterocycles. The summed E-state index contributed by atoms with van der Waals surface area (Å²) >= 11 is 0. The molecule has 1 aliphatic rings. The number of likely N-dealkylation sites (tertiary alicyclic amines) is 1. The predicted molar refractivity (Wildman–Crippen MR) is 151 cm³/mol. The van der Waals surface area contributed by atoms with Crippen LogP contribution in [0.3, 0.4) is 0 Å². The molecule has 0 spiro atoms. The summed E-state index contributed by atoms with van der Waals surface area (Å²) in [7, 11) is 0. The zero-order valence-electron chi connectivity index (χ0n) is 24.5. The number of nitrogens with one attached hydrogen (secondary N) is 1. The number of carbonyl (C=O) groups is 5. The van der Waals surface area contributed by atoms with Crippen molar-refractivity contribution >= 4 is 29.9 Å². The number of benzene rings is 2. The zero-order valence-corrected chi connectivity index (χ0v) is 24.5. The van der Waals surface area contributed by atoms with Crippen LogP contribution in [0, 0.1) is 5.92 Å². The van der Waals surface area contributed by atoms with Crippen molar-refractivity contribution in [1.82, 2.24) is 10.2 Å². The lowest BCUT2D eigenvalue weighted by Gasteiger charge is -2.29. The van der Waals surface area contributed by atoms with E-state index in [2.05, 4.69) is 5.32 Å². The molecule has 1 unspecified atom stereocenters. The molecule has 11 nitrogen and oxygen atoms in total. The molecule has 1 aliphatic heterocycles. The van der Waals surface area contributed by atoms with Crippen LogP contribution in [0.5, 0.6) is 0 Å². The van der Waals surface area contributed by atoms with E-state index in [4.69, 9.17) is 18.9 Å². The van der Waals surface area contributed by atoms with Crippen LogP contribution >= 0.6 is 0 Å². The van der Waals surface area contributed by atoms with Crippen LogP contribution in [0.2, 0.25) is 0 Å². The van der Waals surface area contributed by atoms with Crippen molar-refractivity contribution in [2.75, 3.05) is 13.2 Å². The van der Waals surface area contributed by atoms with Gasteiger partial charge in [-0.25, -0.2) is 19.2 Å². The molecule has 3 rings (SSSR count). The Hall–Kier alpha value is -4.41. The minimum Gasteiger partial charge on any atom is -0.458 e. The Kier molecular flexibility index (Phi) is 11.1. The number of carbonyl (C=O) groups excluding carboxylic acids is 5. The van der Waals surface area contributed by atoms with Crippen molar-refractivity contribution in [3.8, 4) is 0 Å². The average molecular weight is 583 g/mol. The maximum atomic E-state index is 13.2. The highest BCUT2D eigenvalue weighted by molar-refractivity contribution is 5.98. The summed E-state index contributed by atoms with van der Waals surface area (Å²) in [4.78, 5) is 65.5. The van der Waals surface area contributed by atoms with Gasteiger partial charge in [0.1, 0.15) is 24.4 Å². The number of esters is 2. The largest absolute Gasteiger partial charge is 0.458 e. The number of hydrogen-bond acceptors (Lipinski definition) is 9. The fraction of sp³-hybridized carbons (Fsp3) is 0.452. The first-order valence-electron chi connectivity index (χ1n) is 13.8. The SMILES string of the molecule is C[C@H]1CC(C(=O)O[C@@H](C)[C@H](NC(=O)OCc2ccccc2)C(=O)OCC(=O)c2ccccc2)N(C(=O)OC(C)(C)C)C1. The molecule has 0 radical (unpaired) electrons. The first-order chi connectivity index (χ1) is 19.8. The topological polar surface area (TPSA) is 138 Å². The first-order valence-corrected chi connectivity index (χ1v) is 13.8. The summed E-state index contributed by atoms with van der Waals surface area (Å²) in [5.74, 6) is -2.22. The van der Waals surface area contributed by atoms with E-state index in [1.165, 1.54) is 11.8 Å². The number of amides is 2. The van der Waals surface area contributed by atoms with Crippen molar-refractivity contribution in [2.24, 2.45) is 5.92 Å². The van der Waals surface area contributed by atoms with Gasteiger partial charge in [0.15, 0.2) is 18.4 Å². The second-order valence-electron chi connectivity index (χ2n) is 11.2. The fourth-order valence-electron chi connectivity index (χ4n) is 4.32. The molecule has 2 aromatic rings. The number of ether oxygens (including phenoxy) is 4. The zero-order chi connectivity index (χ0) is 30.9.